The molecule has 0 unspecified atom stereocenters. The Bertz CT molecular complexity index is 680. The molecule has 1 fully saturated rings. The molecule has 1 aliphatic rings. The van der Waals surface area contributed by atoms with Crippen LogP contribution in [0.2, 0.25) is 0 Å². The number of hydrogen-bond donors (Lipinski definition) is 1. The standard InChI is InChI=1S/C15H18N2O3S/c18-7-9-21-15-16-13-6-2-1-5-12(13)14(19)17(15)10-11-4-3-8-20-11/h1-2,5-6,11,18H,3-4,7-10H2/t11-/m0/s1. The average molecular weight is 306 g/mol. The molecular weight excluding hydrogens is 288 g/mol. The summed E-state index contributed by atoms with van der Waals surface area (Å²) in [7, 11) is 0. The minimum Gasteiger partial charge on any atom is -0.396 e. The van der Waals surface area contributed by atoms with Crippen molar-refractivity contribution in [2.24, 2.45) is 0 Å². The van der Waals surface area contributed by atoms with Crippen LogP contribution in [-0.4, -0.2) is 39.7 Å². The number of para-hydroxylation sites is 1. The molecule has 1 aliphatic heterocycles. The summed E-state index contributed by atoms with van der Waals surface area (Å²) in [4.78, 5) is 17.3. The van der Waals surface area contributed by atoms with Crippen molar-refractivity contribution in [1.82, 2.24) is 9.55 Å². The summed E-state index contributed by atoms with van der Waals surface area (Å²) in [6.07, 6.45) is 2.10. The van der Waals surface area contributed by atoms with E-state index in [9.17, 15) is 4.79 Å². The molecule has 0 bridgehead atoms. The number of aromatic nitrogens is 2. The molecule has 1 aromatic heterocycles. The van der Waals surface area contributed by atoms with Gasteiger partial charge in [-0.15, -0.1) is 0 Å². The molecule has 2 heterocycles. The van der Waals surface area contributed by atoms with Crippen LogP contribution in [0.15, 0.2) is 34.2 Å². The first-order valence-electron chi connectivity index (χ1n) is 7.14. The van der Waals surface area contributed by atoms with Crippen LogP contribution in [0.5, 0.6) is 0 Å². The van der Waals surface area contributed by atoms with Gasteiger partial charge in [-0.1, -0.05) is 23.9 Å². The van der Waals surface area contributed by atoms with Gasteiger partial charge in [-0.2, -0.15) is 0 Å². The molecule has 5 nitrogen and oxygen atoms in total. The molecule has 0 radical (unpaired) electrons. The minimum atomic E-state index is -0.0310. The first-order chi connectivity index (χ1) is 10.3. The van der Waals surface area contributed by atoms with Gasteiger partial charge in [-0.05, 0) is 25.0 Å². The number of thioether (sulfide) groups is 1. The fourth-order valence-corrected chi connectivity index (χ4v) is 3.30. The maximum absolute atomic E-state index is 12.7. The molecule has 0 saturated carbocycles. The molecule has 1 atom stereocenters. The summed E-state index contributed by atoms with van der Waals surface area (Å²) in [6, 6.07) is 7.37. The van der Waals surface area contributed by atoms with Crippen LogP contribution < -0.4 is 5.56 Å². The summed E-state index contributed by atoms with van der Waals surface area (Å²) in [5, 5.41) is 10.3. The summed E-state index contributed by atoms with van der Waals surface area (Å²) < 4.78 is 7.33. The van der Waals surface area contributed by atoms with Crippen molar-refractivity contribution in [1.29, 1.82) is 0 Å². The van der Waals surface area contributed by atoms with Crippen LogP contribution in [0.1, 0.15) is 12.8 Å². The highest BCUT2D eigenvalue weighted by Gasteiger charge is 2.19. The fraction of sp³-hybridized carbons (Fsp3) is 0.467. The van der Waals surface area contributed by atoms with E-state index in [1.807, 2.05) is 18.2 Å². The lowest BCUT2D eigenvalue weighted by molar-refractivity contribution is 0.0937. The Kier molecular flexibility index (Phi) is 4.57. The number of rotatable bonds is 5. The van der Waals surface area contributed by atoms with E-state index in [0.717, 1.165) is 19.4 Å². The second-order valence-corrected chi connectivity index (χ2v) is 6.10. The lowest BCUT2D eigenvalue weighted by atomic mass is 10.2. The molecule has 6 heteroatoms. The average Bonchev–Trinajstić information content (AvgIpc) is 3.01. The Balaban J connectivity index is 2.04. The number of hydrogen-bond acceptors (Lipinski definition) is 5. The Morgan fingerprint density at radius 1 is 1.43 bits per heavy atom. The van der Waals surface area contributed by atoms with Crippen LogP contribution >= 0.6 is 11.8 Å². The second kappa shape index (κ2) is 6.60. The van der Waals surface area contributed by atoms with Crippen LogP contribution in [0.25, 0.3) is 10.9 Å². The van der Waals surface area contributed by atoms with Gasteiger partial charge in [0, 0.05) is 12.4 Å². The quantitative estimate of drug-likeness (QED) is 0.672. The van der Waals surface area contributed by atoms with Gasteiger partial charge in [0.05, 0.1) is 30.2 Å². The van der Waals surface area contributed by atoms with Gasteiger partial charge in [-0.3, -0.25) is 9.36 Å². The number of aliphatic hydroxyl groups excluding tert-OH is 1. The van der Waals surface area contributed by atoms with Crippen molar-refractivity contribution in [2.45, 2.75) is 30.6 Å². The van der Waals surface area contributed by atoms with Crippen LogP contribution in [0, 0.1) is 0 Å². The molecule has 1 saturated heterocycles. The molecule has 1 aromatic carbocycles. The van der Waals surface area contributed by atoms with E-state index in [1.54, 1.807) is 10.6 Å². The van der Waals surface area contributed by atoms with Gasteiger partial charge in [0.2, 0.25) is 0 Å². The van der Waals surface area contributed by atoms with Crippen molar-refractivity contribution >= 4 is 22.7 Å². The van der Waals surface area contributed by atoms with E-state index in [2.05, 4.69) is 4.98 Å². The molecule has 3 rings (SSSR count). The predicted octanol–water partition coefficient (Wildman–Crippen LogP) is 1.66. The fourth-order valence-electron chi connectivity index (χ4n) is 2.55. The Morgan fingerprint density at radius 3 is 3.05 bits per heavy atom. The van der Waals surface area contributed by atoms with Crippen LogP contribution in [-0.2, 0) is 11.3 Å². The topological polar surface area (TPSA) is 64.3 Å². The first kappa shape index (κ1) is 14.6. The number of benzene rings is 1. The zero-order valence-corrected chi connectivity index (χ0v) is 12.5. The maximum Gasteiger partial charge on any atom is 0.262 e. The maximum atomic E-state index is 12.7. The largest absolute Gasteiger partial charge is 0.396 e. The monoisotopic (exact) mass is 306 g/mol. The van der Waals surface area contributed by atoms with Gasteiger partial charge >= 0.3 is 0 Å². The third kappa shape index (κ3) is 3.12. The van der Waals surface area contributed by atoms with E-state index in [1.165, 1.54) is 11.8 Å². The molecule has 0 spiro atoms. The summed E-state index contributed by atoms with van der Waals surface area (Å²) in [6.45, 7) is 1.36. The molecule has 2 aromatic rings. The van der Waals surface area contributed by atoms with Crippen molar-refractivity contribution in [3.8, 4) is 0 Å². The highest BCUT2D eigenvalue weighted by Crippen LogP contribution is 2.20. The van der Waals surface area contributed by atoms with Gasteiger partial charge in [-0.25, -0.2) is 4.98 Å². The predicted molar refractivity (Wildman–Crippen MR) is 82.8 cm³/mol. The van der Waals surface area contributed by atoms with E-state index in [-0.39, 0.29) is 18.3 Å². The molecule has 1 N–H and O–H groups in total. The minimum absolute atomic E-state index is 0.0310. The van der Waals surface area contributed by atoms with Gasteiger partial charge in [0.1, 0.15) is 0 Å². The van der Waals surface area contributed by atoms with E-state index < -0.39 is 0 Å². The third-order valence-corrected chi connectivity index (χ3v) is 4.52. The number of nitrogens with zero attached hydrogens (tertiary/aromatic N) is 2. The highest BCUT2D eigenvalue weighted by atomic mass is 32.2. The molecule has 21 heavy (non-hydrogen) atoms. The Labute approximate surface area is 127 Å². The van der Waals surface area contributed by atoms with Crippen molar-refractivity contribution in [3.05, 3.63) is 34.6 Å². The van der Waals surface area contributed by atoms with Crippen molar-refractivity contribution in [2.75, 3.05) is 19.0 Å². The smallest absolute Gasteiger partial charge is 0.262 e. The number of ether oxygens (including phenoxy) is 1. The van der Waals surface area contributed by atoms with E-state index in [0.29, 0.717) is 28.4 Å². The van der Waals surface area contributed by atoms with Crippen molar-refractivity contribution in [3.63, 3.8) is 0 Å². The second-order valence-electron chi connectivity index (χ2n) is 5.03. The normalized spacial score (nSPS) is 18.4. The van der Waals surface area contributed by atoms with Gasteiger partial charge < -0.3 is 9.84 Å². The first-order valence-corrected chi connectivity index (χ1v) is 8.13. The summed E-state index contributed by atoms with van der Waals surface area (Å²) >= 11 is 1.41. The van der Waals surface area contributed by atoms with Crippen LogP contribution in [0.4, 0.5) is 0 Å². The molecule has 0 aliphatic carbocycles. The van der Waals surface area contributed by atoms with E-state index in [4.69, 9.17) is 9.84 Å². The van der Waals surface area contributed by atoms with E-state index >= 15 is 0 Å². The zero-order valence-electron chi connectivity index (χ0n) is 11.7. The molecule has 112 valence electrons. The van der Waals surface area contributed by atoms with Crippen molar-refractivity contribution < 1.29 is 9.84 Å². The number of aliphatic hydroxyl groups is 1. The Morgan fingerprint density at radius 2 is 2.29 bits per heavy atom. The molecular formula is C15H18N2O3S. The zero-order chi connectivity index (χ0) is 14.7. The summed E-state index contributed by atoms with van der Waals surface area (Å²) in [5.74, 6) is 0.524. The van der Waals surface area contributed by atoms with Crippen LogP contribution in [0.3, 0.4) is 0 Å². The number of fused-ring (bicyclic) bond motifs is 1. The highest BCUT2D eigenvalue weighted by molar-refractivity contribution is 7.99. The SMILES string of the molecule is O=c1c2ccccc2nc(SCCO)n1C[C@@H]1CCCO1. The van der Waals surface area contributed by atoms with Gasteiger partial charge in [0.15, 0.2) is 5.16 Å². The lowest BCUT2D eigenvalue weighted by Crippen LogP contribution is -2.28. The van der Waals surface area contributed by atoms with Gasteiger partial charge in [0.25, 0.3) is 5.56 Å². The summed E-state index contributed by atoms with van der Waals surface area (Å²) in [5.41, 5.74) is 0.670. The molecule has 0 amide bonds. The Hall–Kier alpha value is -1.37. The third-order valence-electron chi connectivity index (χ3n) is 3.56. The lowest BCUT2D eigenvalue weighted by Gasteiger charge is -2.16.